The first-order valence-electron chi connectivity index (χ1n) is 16.1. The fourth-order valence-corrected chi connectivity index (χ4v) is 6.17. The van der Waals surface area contributed by atoms with Gasteiger partial charge in [-0.25, -0.2) is 0 Å². The molecule has 1 aliphatic rings. The van der Waals surface area contributed by atoms with E-state index in [4.69, 9.17) is 5.41 Å². The van der Waals surface area contributed by atoms with E-state index in [0.717, 1.165) is 43.6 Å². The Kier molecular flexibility index (Phi) is 14.8. The second-order valence-corrected chi connectivity index (χ2v) is 13.5. The van der Waals surface area contributed by atoms with E-state index in [0.29, 0.717) is 35.3 Å². The van der Waals surface area contributed by atoms with Crippen LogP contribution in [0.1, 0.15) is 91.4 Å². The van der Waals surface area contributed by atoms with Crippen molar-refractivity contribution < 1.29 is 14.4 Å². The lowest BCUT2D eigenvalue weighted by atomic mass is 9.97. The number of thioether (sulfide) groups is 1. The highest BCUT2D eigenvalue weighted by Gasteiger charge is 2.22. The van der Waals surface area contributed by atoms with Crippen molar-refractivity contribution in [1.82, 2.24) is 4.57 Å². The van der Waals surface area contributed by atoms with Crippen molar-refractivity contribution in [3.05, 3.63) is 117 Å². The Morgan fingerprint density at radius 1 is 0.936 bits per heavy atom. The van der Waals surface area contributed by atoms with Crippen LogP contribution >= 0.6 is 27.7 Å². The molecule has 0 bridgehead atoms. The lowest BCUT2D eigenvalue weighted by molar-refractivity contribution is -0.115. The number of carbonyl (C=O) groups is 3. The number of aromatic nitrogens is 1. The highest BCUT2D eigenvalue weighted by Crippen LogP contribution is 2.33. The molecule has 1 aliphatic carbocycles. The fourth-order valence-electron chi connectivity index (χ4n) is 5.03. The number of halogens is 1. The first-order valence-corrected chi connectivity index (χ1v) is 17.9. The lowest BCUT2D eigenvalue weighted by Crippen LogP contribution is -2.14. The van der Waals surface area contributed by atoms with E-state index < -0.39 is 0 Å². The van der Waals surface area contributed by atoms with E-state index in [2.05, 4.69) is 41.3 Å². The van der Waals surface area contributed by atoms with Gasteiger partial charge in [0.15, 0.2) is 5.78 Å². The maximum Gasteiger partial charge on any atom is 0.206 e. The van der Waals surface area contributed by atoms with E-state index in [9.17, 15) is 14.4 Å². The van der Waals surface area contributed by atoms with Crippen molar-refractivity contribution in [2.45, 2.75) is 78.7 Å². The first kappa shape index (κ1) is 37.6. The van der Waals surface area contributed by atoms with Gasteiger partial charge in [0.2, 0.25) is 5.78 Å². The summed E-state index contributed by atoms with van der Waals surface area (Å²) < 4.78 is 3.28. The standard InChI is InChI=1S/C33H29BrN2O2S.C4H10.C3H6O/c1-3-36-30-10-6-8-22(32(37)26-9-5-4-7-21(26)2)19-27(30)28-20-23(11-16-31(28)36)33(38)29(35)17-18-39-25-14-12-24(34)13-15-25;1-3-4-2;1-3(2)4/h4-9,11-16,19-20,35H,3,10,17-18H2,1-2H3;3-4H2,1-2H3;1-2H3. The minimum atomic E-state index is -0.252. The summed E-state index contributed by atoms with van der Waals surface area (Å²) in [6.07, 6.45) is 9.66. The smallest absolute Gasteiger partial charge is 0.206 e. The molecule has 1 N–H and O–H groups in total. The molecule has 4 aromatic rings. The van der Waals surface area contributed by atoms with Crippen LogP contribution in [0, 0.1) is 12.3 Å². The lowest BCUT2D eigenvalue weighted by Gasteiger charge is -2.07. The normalized spacial score (nSPS) is 11.7. The summed E-state index contributed by atoms with van der Waals surface area (Å²) in [4.78, 5) is 37.3. The second kappa shape index (κ2) is 18.5. The maximum absolute atomic E-state index is 13.5. The third-order valence-electron chi connectivity index (χ3n) is 7.56. The van der Waals surface area contributed by atoms with Gasteiger partial charge < -0.3 is 14.8 Å². The number of hydrogen-bond acceptors (Lipinski definition) is 5. The number of nitrogens with one attached hydrogen (secondary N) is 1. The molecule has 0 unspecified atom stereocenters. The van der Waals surface area contributed by atoms with Crippen molar-refractivity contribution >= 4 is 67.7 Å². The number of aryl methyl sites for hydroxylation is 2. The van der Waals surface area contributed by atoms with E-state index in [-0.39, 0.29) is 23.1 Å². The van der Waals surface area contributed by atoms with Crippen molar-refractivity contribution in [3.8, 4) is 0 Å². The average molecular weight is 714 g/mol. The van der Waals surface area contributed by atoms with Crippen LogP contribution in [0.4, 0.5) is 0 Å². The zero-order chi connectivity index (χ0) is 34.5. The number of allylic oxidation sites excluding steroid dienone is 3. The minimum absolute atomic E-state index is 0.00752. The molecule has 0 radical (unpaired) electrons. The average Bonchev–Trinajstić information content (AvgIpc) is 3.18. The van der Waals surface area contributed by atoms with Gasteiger partial charge in [0, 0.05) is 73.4 Å². The summed E-state index contributed by atoms with van der Waals surface area (Å²) in [5.74, 6) is 0.569. The van der Waals surface area contributed by atoms with Gasteiger partial charge in [-0.15, -0.1) is 11.8 Å². The van der Waals surface area contributed by atoms with Gasteiger partial charge in [-0.1, -0.05) is 79.0 Å². The third-order valence-corrected chi connectivity index (χ3v) is 9.10. The molecule has 5 rings (SSSR count). The summed E-state index contributed by atoms with van der Waals surface area (Å²) in [6.45, 7) is 12.3. The fraction of sp³-hybridized carbons (Fsp3) is 0.300. The van der Waals surface area contributed by atoms with Gasteiger partial charge in [-0.3, -0.25) is 9.59 Å². The van der Waals surface area contributed by atoms with Crippen LogP contribution in [0.25, 0.3) is 17.0 Å². The minimum Gasteiger partial charge on any atom is -0.344 e. The topological polar surface area (TPSA) is 80.0 Å². The summed E-state index contributed by atoms with van der Waals surface area (Å²) in [6, 6.07) is 21.4. The number of hydrogen-bond donors (Lipinski definition) is 1. The molecule has 0 saturated carbocycles. The predicted molar refractivity (Wildman–Crippen MR) is 202 cm³/mol. The molecule has 0 fully saturated rings. The summed E-state index contributed by atoms with van der Waals surface area (Å²) in [7, 11) is 0. The Bertz CT molecular complexity index is 1790. The van der Waals surface area contributed by atoms with E-state index in [1.807, 2.05) is 91.9 Å². The van der Waals surface area contributed by atoms with Crippen molar-refractivity contribution in [3.63, 3.8) is 0 Å². The first-order chi connectivity index (χ1) is 22.5. The van der Waals surface area contributed by atoms with Gasteiger partial charge in [-0.2, -0.15) is 0 Å². The third kappa shape index (κ3) is 10.3. The number of benzene rings is 3. The molecule has 0 spiro atoms. The molecule has 246 valence electrons. The van der Waals surface area contributed by atoms with Crippen LogP contribution in [0.2, 0.25) is 0 Å². The predicted octanol–water partition coefficient (Wildman–Crippen LogP) is 10.9. The monoisotopic (exact) mass is 712 g/mol. The van der Waals surface area contributed by atoms with E-state index >= 15 is 0 Å². The molecule has 1 heterocycles. The van der Waals surface area contributed by atoms with Crippen molar-refractivity contribution in [1.29, 1.82) is 5.41 Å². The number of ketones is 3. The molecule has 0 saturated heterocycles. The summed E-state index contributed by atoms with van der Waals surface area (Å²) >= 11 is 5.08. The van der Waals surface area contributed by atoms with Gasteiger partial charge in [-0.05, 0) is 81.8 Å². The van der Waals surface area contributed by atoms with Crippen molar-refractivity contribution in [2.75, 3.05) is 5.75 Å². The number of fused-ring (bicyclic) bond motifs is 3. The number of rotatable bonds is 10. The number of carbonyl (C=O) groups excluding carboxylic acids is 3. The van der Waals surface area contributed by atoms with Gasteiger partial charge in [0.1, 0.15) is 5.78 Å². The van der Waals surface area contributed by atoms with Crippen LogP contribution in [0.3, 0.4) is 0 Å². The molecule has 0 amide bonds. The molecule has 0 atom stereocenters. The number of Topliss-reactive ketones (excluding diaryl/α,β-unsaturated/α-hetero) is 3. The Hall–Kier alpha value is -3.81. The van der Waals surface area contributed by atoms with E-state index in [1.165, 1.54) is 26.7 Å². The molecular formula is C40H45BrN2O3S. The molecule has 0 aliphatic heterocycles. The Morgan fingerprint density at radius 2 is 1.60 bits per heavy atom. The summed E-state index contributed by atoms with van der Waals surface area (Å²) in [5.41, 5.74) is 6.02. The largest absolute Gasteiger partial charge is 0.344 e. The maximum atomic E-state index is 13.5. The molecule has 1 aromatic heterocycles. The van der Waals surface area contributed by atoms with Crippen LogP contribution in [-0.2, 0) is 17.8 Å². The van der Waals surface area contributed by atoms with Crippen LogP contribution in [0.15, 0.2) is 93.8 Å². The SMILES string of the molecule is CC(C)=O.CCCC.CCn1c2c(c3cc(C(=O)C(=N)CCSc4ccc(Br)cc4)ccc31)C=C(C(=O)c1ccccc1C)C=CC2. The van der Waals surface area contributed by atoms with Gasteiger partial charge in [0.05, 0.1) is 5.71 Å². The Balaban J connectivity index is 0.000000676. The Morgan fingerprint density at radius 3 is 2.21 bits per heavy atom. The Labute approximate surface area is 292 Å². The molecule has 47 heavy (non-hydrogen) atoms. The molecule has 5 nitrogen and oxygen atoms in total. The van der Waals surface area contributed by atoms with Crippen LogP contribution in [0.5, 0.6) is 0 Å². The van der Waals surface area contributed by atoms with Gasteiger partial charge in [0.25, 0.3) is 0 Å². The quantitative estimate of drug-likeness (QED) is 0.101. The van der Waals surface area contributed by atoms with Gasteiger partial charge >= 0.3 is 0 Å². The van der Waals surface area contributed by atoms with Crippen molar-refractivity contribution in [2.24, 2.45) is 0 Å². The molecule has 7 heteroatoms. The summed E-state index contributed by atoms with van der Waals surface area (Å²) in [5, 5.41) is 9.40. The van der Waals surface area contributed by atoms with Crippen LogP contribution in [-0.4, -0.2) is 33.4 Å². The highest BCUT2D eigenvalue weighted by atomic mass is 79.9. The van der Waals surface area contributed by atoms with E-state index in [1.54, 1.807) is 11.8 Å². The zero-order valence-electron chi connectivity index (χ0n) is 28.3. The zero-order valence-corrected chi connectivity index (χ0v) is 30.7. The number of unbranched alkanes of at least 4 members (excludes halogenated alkanes) is 1. The second-order valence-electron chi connectivity index (χ2n) is 11.5. The highest BCUT2D eigenvalue weighted by molar-refractivity contribution is 9.10. The number of nitrogens with zero attached hydrogens (tertiary/aromatic N) is 1. The molecule has 3 aromatic carbocycles. The molecular weight excluding hydrogens is 668 g/mol. The van der Waals surface area contributed by atoms with Crippen LogP contribution < -0.4 is 0 Å².